The summed E-state index contributed by atoms with van der Waals surface area (Å²) in [5.74, 6) is 0.0819. The highest BCUT2D eigenvalue weighted by Crippen LogP contribution is 2.27. The number of rotatable bonds is 6. The summed E-state index contributed by atoms with van der Waals surface area (Å²) in [4.78, 5) is 16.9. The van der Waals surface area contributed by atoms with Crippen LogP contribution < -0.4 is 5.32 Å². The lowest BCUT2D eigenvalue weighted by Gasteiger charge is -2.05. The zero-order valence-electron chi connectivity index (χ0n) is 12.0. The van der Waals surface area contributed by atoms with Crippen molar-refractivity contribution < 1.29 is 4.79 Å². The molecule has 0 spiro atoms. The average molecular weight is 288 g/mol. The van der Waals surface area contributed by atoms with Crippen LogP contribution in [-0.4, -0.2) is 10.9 Å². The maximum atomic E-state index is 11.3. The molecule has 0 saturated heterocycles. The van der Waals surface area contributed by atoms with Crippen LogP contribution in [0.1, 0.15) is 37.3 Å². The van der Waals surface area contributed by atoms with Crippen molar-refractivity contribution in [3.8, 4) is 10.4 Å². The summed E-state index contributed by atoms with van der Waals surface area (Å²) in [7, 11) is 0. The quantitative estimate of drug-likeness (QED) is 0.878. The van der Waals surface area contributed by atoms with E-state index < -0.39 is 0 Å². The Morgan fingerprint density at radius 2 is 2.20 bits per heavy atom. The molecule has 106 valence electrons. The molecule has 1 N–H and O–H groups in total. The lowest BCUT2D eigenvalue weighted by atomic mass is 10.1. The van der Waals surface area contributed by atoms with Crippen molar-refractivity contribution >= 4 is 17.2 Å². The lowest BCUT2D eigenvalue weighted by molar-refractivity contribution is -0.120. The first-order valence-electron chi connectivity index (χ1n) is 7.03. The van der Waals surface area contributed by atoms with Crippen LogP contribution in [0.2, 0.25) is 0 Å². The topological polar surface area (TPSA) is 42.0 Å². The first-order valence-corrected chi connectivity index (χ1v) is 7.85. The molecule has 0 atom stereocenters. The third-order valence-corrected chi connectivity index (χ3v) is 4.15. The smallest absolute Gasteiger partial charge is 0.219 e. The number of amides is 1. The number of nitrogens with zero attached hydrogens (tertiary/aromatic N) is 1. The van der Waals surface area contributed by atoms with Gasteiger partial charge < -0.3 is 5.32 Å². The van der Waals surface area contributed by atoms with Gasteiger partial charge in [0, 0.05) is 19.2 Å². The van der Waals surface area contributed by atoms with Gasteiger partial charge >= 0.3 is 0 Å². The van der Waals surface area contributed by atoms with Crippen molar-refractivity contribution in [2.24, 2.45) is 0 Å². The highest BCUT2D eigenvalue weighted by Gasteiger charge is 2.05. The second kappa shape index (κ2) is 7.20. The predicted molar refractivity (Wildman–Crippen MR) is 83.7 cm³/mol. The molecule has 1 aromatic carbocycles. The van der Waals surface area contributed by atoms with E-state index in [1.165, 1.54) is 15.4 Å². The number of aromatic nitrogens is 1. The molecule has 2 rings (SSSR count). The number of carbonyl (C=O) groups is 1. The second-order valence-corrected chi connectivity index (χ2v) is 5.81. The molecule has 3 nitrogen and oxygen atoms in total. The van der Waals surface area contributed by atoms with E-state index in [1.54, 1.807) is 11.3 Å². The first-order chi connectivity index (χ1) is 9.72. The number of carbonyl (C=O) groups excluding carboxylic acids is 1. The molecular weight excluding hydrogens is 268 g/mol. The van der Waals surface area contributed by atoms with E-state index in [0.717, 1.165) is 18.4 Å². The Balaban J connectivity index is 2.10. The maximum Gasteiger partial charge on any atom is 0.219 e. The van der Waals surface area contributed by atoms with E-state index in [1.807, 2.05) is 25.3 Å². The van der Waals surface area contributed by atoms with Crippen LogP contribution in [0.15, 0.2) is 30.5 Å². The molecule has 1 heterocycles. The Morgan fingerprint density at radius 3 is 2.95 bits per heavy atom. The summed E-state index contributed by atoms with van der Waals surface area (Å²) in [6, 6.07) is 8.28. The van der Waals surface area contributed by atoms with Crippen molar-refractivity contribution in [1.82, 2.24) is 10.3 Å². The van der Waals surface area contributed by atoms with Gasteiger partial charge in [0.25, 0.3) is 0 Å². The van der Waals surface area contributed by atoms with Gasteiger partial charge in [-0.3, -0.25) is 4.79 Å². The van der Waals surface area contributed by atoms with E-state index in [-0.39, 0.29) is 5.91 Å². The van der Waals surface area contributed by atoms with Crippen LogP contribution >= 0.6 is 11.3 Å². The van der Waals surface area contributed by atoms with Gasteiger partial charge in [0.1, 0.15) is 0 Å². The van der Waals surface area contributed by atoms with Crippen molar-refractivity contribution in [1.29, 1.82) is 0 Å². The van der Waals surface area contributed by atoms with Crippen LogP contribution in [-0.2, 0) is 17.8 Å². The maximum absolute atomic E-state index is 11.3. The summed E-state index contributed by atoms with van der Waals surface area (Å²) in [5.41, 5.74) is 2.29. The SMILES string of the molecule is CCCc1ncc(-c2cccc(CNC(=O)CC)c2)s1. The summed E-state index contributed by atoms with van der Waals surface area (Å²) in [5, 5.41) is 4.09. The number of hydrogen-bond donors (Lipinski definition) is 1. The summed E-state index contributed by atoms with van der Waals surface area (Å²) in [6.45, 7) is 4.61. The molecule has 0 aliphatic heterocycles. The number of thiazole rings is 1. The largest absolute Gasteiger partial charge is 0.352 e. The number of hydrogen-bond acceptors (Lipinski definition) is 3. The van der Waals surface area contributed by atoms with Crippen molar-refractivity contribution in [3.05, 3.63) is 41.0 Å². The minimum absolute atomic E-state index is 0.0819. The average Bonchev–Trinajstić information content (AvgIpc) is 2.94. The fraction of sp³-hybridized carbons (Fsp3) is 0.375. The highest BCUT2D eigenvalue weighted by atomic mass is 32.1. The first kappa shape index (κ1) is 14.7. The van der Waals surface area contributed by atoms with Crippen molar-refractivity contribution in [2.75, 3.05) is 0 Å². The highest BCUT2D eigenvalue weighted by molar-refractivity contribution is 7.15. The normalized spacial score (nSPS) is 10.5. The van der Waals surface area contributed by atoms with Gasteiger partial charge in [-0.15, -0.1) is 11.3 Å². The van der Waals surface area contributed by atoms with E-state index in [9.17, 15) is 4.79 Å². The van der Waals surface area contributed by atoms with E-state index in [2.05, 4.69) is 29.4 Å². The fourth-order valence-corrected chi connectivity index (χ4v) is 2.95. The fourth-order valence-electron chi connectivity index (χ4n) is 1.93. The van der Waals surface area contributed by atoms with Gasteiger partial charge in [-0.2, -0.15) is 0 Å². The Bertz CT molecular complexity index is 577. The third-order valence-electron chi connectivity index (χ3n) is 3.04. The summed E-state index contributed by atoms with van der Waals surface area (Å²) >= 11 is 1.75. The second-order valence-electron chi connectivity index (χ2n) is 4.70. The molecule has 0 saturated carbocycles. The molecule has 1 amide bonds. The predicted octanol–water partition coefficient (Wildman–Crippen LogP) is 3.79. The van der Waals surface area contributed by atoms with Crippen molar-refractivity contribution in [2.45, 2.75) is 39.7 Å². The van der Waals surface area contributed by atoms with Gasteiger partial charge in [-0.1, -0.05) is 32.0 Å². The van der Waals surface area contributed by atoms with Gasteiger partial charge in [0.05, 0.1) is 9.88 Å². The van der Waals surface area contributed by atoms with E-state index in [0.29, 0.717) is 13.0 Å². The molecule has 1 aromatic heterocycles. The van der Waals surface area contributed by atoms with Gasteiger partial charge in [0.2, 0.25) is 5.91 Å². The molecule has 0 aliphatic carbocycles. The zero-order chi connectivity index (χ0) is 14.4. The molecule has 4 heteroatoms. The molecule has 20 heavy (non-hydrogen) atoms. The van der Waals surface area contributed by atoms with E-state index in [4.69, 9.17) is 0 Å². The van der Waals surface area contributed by atoms with E-state index >= 15 is 0 Å². The van der Waals surface area contributed by atoms with Crippen LogP contribution in [0, 0.1) is 0 Å². The number of benzene rings is 1. The minimum atomic E-state index is 0.0819. The molecule has 0 fully saturated rings. The summed E-state index contributed by atoms with van der Waals surface area (Å²) in [6.07, 6.45) is 4.63. The molecule has 0 bridgehead atoms. The number of nitrogens with one attached hydrogen (secondary N) is 1. The van der Waals surface area contributed by atoms with Crippen LogP contribution in [0.3, 0.4) is 0 Å². The van der Waals surface area contributed by atoms with Gasteiger partial charge in [-0.05, 0) is 30.0 Å². The molecule has 0 aliphatic rings. The lowest BCUT2D eigenvalue weighted by Crippen LogP contribution is -2.21. The van der Waals surface area contributed by atoms with Crippen molar-refractivity contribution in [3.63, 3.8) is 0 Å². The monoisotopic (exact) mass is 288 g/mol. The summed E-state index contributed by atoms with van der Waals surface area (Å²) < 4.78 is 0. The molecular formula is C16H20N2OS. The molecule has 0 radical (unpaired) electrons. The number of aryl methyl sites for hydroxylation is 1. The Labute approximate surface area is 124 Å². The molecule has 0 unspecified atom stereocenters. The third kappa shape index (κ3) is 3.90. The molecule has 2 aromatic rings. The Kier molecular flexibility index (Phi) is 5.30. The van der Waals surface area contributed by atoms with Crippen LogP contribution in [0.5, 0.6) is 0 Å². The Morgan fingerprint density at radius 1 is 1.35 bits per heavy atom. The standard InChI is InChI=1S/C16H20N2OS/c1-3-6-16-18-11-14(20-16)13-8-5-7-12(9-13)10-17-15(19)4-2/h5,7-9,11H,3-4,6,10H2,1-2H3,(H,17,19). The van der Waals surface area contributed by atoms with Crippen LogP contribution in [0.4, 0.5) is 0 Å². The Hall–Kier alpha value is -1.68. The van der Waals surface area contributed by atoms with Gasteiger partial charge in [0.15, 0.2) is 0 Å². The minimum Gasteiger partial charge on any atom is -0.352 e. The zero-order valence-corrected chi connectivity index (χ0v) is 12.8. The van der Waals surface area contributed by atoms with Gasteiger partial charge in [-0.25, -0.2) is 4.98 Å². The van der Waals surface area contributed by atoms with Crippen LogP contribution in [0.25, 0.3) is 10.4 Å².